The number of hydrogen-bond donors (Lipinski definition) is 0. The molecule has 0 aliphatic heterocycles. The topological polar surface area (TPSA) is 52.6 Å². The molecule has 0 atom stereocenters. The predicted octanol–water partition coefficient (Wildman–Crippen LogP) is 2.06. The maximum Gasteiger partial charge on any atom is 0.330 e. The fourth-order valence-corrected chi connectivity index (χ4v) is 1.27. The Morgan fingerprint density at radius 2 is 1.26 bits per heavy atom. The van der Waals surface area contributed by atoms with E-state index in [4.69, 9.17) is 0 Å². The van der Waals surface area contributed by atoms with E-state index in [1.165, 1.54) is 26.4 Å². The fourth-order valence-electron chi connectivity index (χ4n) is 1.27. The van der Waals surface area contributed by atoms with Gasteiger partial charge in [-0.05, 0) is 23.3 Å². The van der Waals surface area contributed by atoms with Gasteiger partial charge in [-0.1, -0.05) is 24.3 Å². The number of ether oxygens (including phenoxy) is 2. The Hall–Kier alpha value is -1.74. The second-order valence-corrected chi connectivity index (χ2v) is 3.34. The molecule has 0 saturated heterocycles. The van der Waals surface area contributed by atoms with Crippen molar-refractivity contribution >= 4 is 24.1 Å². The molecule has 4 nitrogen and oxygen atoms in total. The average molecular weight is 347 g/mol. The van der Waals surface area contributed by atoms with E-state index in [-0.39, 0.29) is 19.5 Å². The molecule has 5 heteroatoms. The summed E-state index contributed by atoms with van der Waals surface area (Å²) in [5.74, 6) is -0.858. The molecule has 1 aromatic rings. The number of rotatable bonds is 4. The van der Waals surface area contributed by atoms with Crippen molar-refractivity contribution in [3.63, 3.8) is 0 Å². The van der Waals surface area contributed by atoms with Crippen LogP contribution < -0.4 is 0 Å². The van der Waals surface area contributed by atoms with Crippen LogP contribution in [0.15, 0.2) is 36.4 Å². The third-order valence-corrected chi connectivity index (χ3v) is 2.20. The first-order valence-electron chi connectivity index (χ1n) is 5.28. The van der Waals surface area contributed by atoms with Gasteiger partial charge in [0.15, 0.2) is 0 Å². The van der Waals surface area contributed by atoms with Crippen molar-refractivity contribution in [1.29, 1.82) is 0 Å². The van der Waals surface area contributed by atoms with Gasteiger partial charge in [-0.25, -0.2) is 9.59 Å². The molecule has 0 aliphatic rings. The quantitative estimate of drug-likeness (QED) is 0.475. The molecule has 0 amide bonds. The zero-order chi connectivity index (χ0) is 13.4. The van der Waals surface area contributed by atoms with E-state index in [9.17, 15) is 9.59 Å². The van der Waals surface area contributed by atoms with Gasteiger partial charge in [0.2, 0.25) is 0 Å². The molecule has 0 aliphatic carbocycles. The Balaban J connectivity index is 0.00000324. The van der Waals surface area contributed by atoms with Gasteiger partial charge in [-0.3, -0.25) is 0 Å². The van der Waals surface area contributed by atoms with Crippen molar-refractivity contribution in [2.75, 3.05) is 14.2 Å². The van der Waals surface area contributed by atoms with Gasteiger partial charge < -0.3 is 9.47 Å². The van der Waals surface area contributed by atoms with Gasteiger partial charge in [0.05, 0.1) is 14.2 Å². The minimum Gasteiger partial charge on any atom is -0.466 e. The van der Waals surface area contributed by atoms with Crippen molar-refractivity contribution < 1.29 is 38.5 Å². The van der Waals surface area contributed by atoms with E-state index in [1.54, 1.807) is 12.2 Å². The third-order valence-electron chi connectivity index (χ3n) is 2.20. The molecule has 102 valence electrons. The van der Waals surface area contributed by atoms with Crippen molar-refractivity contribution in [2.24, 2.45) is 0 Å². The summed E-state index contributed by atoms with van der Waals surface area (Å²) in [5.41, 5.74) is 1.62. The second kappa shape index (κ2) is 9.23. The molecule has 0 saturated carbocycles. The van der Waals surface area contributed by atoms with E-state index in [2.05, 4.69) is 9.47 Å². The van der Waals surface area contributed by atoms with Crippen molar-refractivity contribution in [3.05, 3.63) is 47.5 Å². The summed E-state index contributed by atoms with van der Waals surface area (Å²) >= 11 is 0. The smallest absolute Gasteiger partial charge is 0.330 e. The number of methoxy groups -OCH3 is 2. The number of carbonyl (C=O) groups excluding carboxylic acids is 2. The molecule has 0 bridgehead atoms. The summed E-state index contributed by atoms with van der Waals surface area (Å²) in [7, 11) is 2.63. The van der Waals surface area contributed by atoms with Gasteiger partial charge in [-0.2, -0.15) is 0 Å². The molecule has 0 fully saturated rings. The van der Waals surface area contributed by atoms with E-state index in [0.29, 0.717) is 0 Å². The first kappa shape index (κ1) is 17.3. The largest absolute Gasteiger partial charge is 0.466 e. The Bertz CT molecular complexity index is 447. The SMILES string of the molecule is COC(=O)C=Cc1ccccc1C=CC(=O)OC.[Ru]. The number of benzene rings is 1. The summed E-state index contributed by atoms with van der Waals surface area (Å²) in [4.78, 5) is 22.0. The van der Waals surface area contributed by atoms with Gasteiger partial charge in [0, 0.05) is 31.6 Å². The Morgan fingerprint density at radius 3 is 1.58 bits per heavy atom. The van der Waals surface area contributed by atoms with Crippen molar-refractivity contribution in [3.8, 4) is 0 Å². The van der Waals surface area contributed by atoms with Gasteiger partial charge in [0.1, 0.15) is 0 Å². The van der Waals surface area contributed by atoms with Crippen molar-refractivity contribution in [2.45, 2.75) is 0 Å². The number of esters is 2. The minimum atomic E-state index is -0.429. The van der Waals surface area contributed by atoms with Crippen LogP contribution in [0.25, 0.3) is 12.2 Å². The minimum absolute atomic E-state index is 0. The standard InChI is InChI=1S/C14H14O4.Ru/c1-17-13(15)9-7-11-5-3-4-6-12(11)8-10-14(16)18-2;/h3-10H,1-2H3;. The van der Waals surface area contributed by atoms with Crippen molar-refractivity contribution in [1.82, 2.24) is 0 Å². The normalized spacial score (nSPS) is 10.2. The molecular weight excluding hydrogens is 333 g/mol. The van der Waals surface area contributed by atoms with E-state index >= 15 is 0 Å². The van der Waals surface area contributed by atoms with Gasteiger partial charge in [-0.15, -0.1) is 0 Å². The van der Waals surface area contributed by atoms with Gasteiger partial charge >= 0.3 is 11.9 Å². The van der Waals surface area contributed by atoms with Crippen LogP contribution in [0, 0.1) is 0 Å². The Kier molecular flexibility index (Phi) is 8.38. The molecule has 0 spiro atoms. The summed E-state index contributed by atoms with van der Waals surface area (Å²) in [6.07, 6.45) is 5.90. The van der Waals surface area contributed by atoms with Crippen LogP contribution in [0.1, 0.15) is 11.1 Å². The zero-order valence-electron chi connectivity index (χ0n) is 10.6. The van der Waals surface area contributed by atoms with E-state index < -0.39 is 11.9 Å². The average Bonchev–Trinajstić information content (AvgIpc) is 2.42. The maximum absolute atomic E-state index is 11.0. The Labute approximate surface area is 124 Å². The molecular formula is C14H14O4Ru. The molecule has 0 heterocycles. The number of carbonyl (C=O) groups is 2. The van der Waals surface area contributed by atoms with Crippen LogP contribution in [0.5, 0.6) is 0 Å². The van der Waals surface area contributed by atoms with Gasteiger partial charge in [0.25, 0.3) is 0 Å². The molecule has 1 aromatic carbocycles. The zero-order valence-corrected chi connectivity index (χ0v) is 12.3. The molecule has 1 rings (SSSR count). The summed E-state index contributed by atoms with van der Waals surface area (Å²) in [6, 6.07) is 7.34. The monoisotopic (exact) mass is 348 g/mol. The van der Waals surface area contributed by atoms with Crippen LogP contribution in [0.2, 0.25) is 0 Å². The van der Waals surface area contributed by atoms with Crippen LogP contribution in [0.4, 0.5) is 0 Å². The molecule has 0 unspecified atom stereocenters. The van der Waals surface area contributed by atoms with Crippen LogP contribution >= 0.6 is 0 Å². The maximum atomic E-state index is 11.0. The van der Waals surface area contributed by atoms with Crippen LogP contribution in [-0.4, -0.2) is 26.2 Å². The molecule has 0 aromatic heterocycles. The van der Waals surface area contributed by atoms with E-state index in [1.807, 2.05) is 24.3 Å². The summed E-state index contributed by atoms with van der Waals surface area (Å²) < 4.78 is 9.02. The first-order valence-corrected chi connectivity index (χ1v) is 5.28. The summed E-state index contributed by atoms with van der Waals surface area (Å²) in [5, 5.41) is 0. The van der Waals surface area contributed by atoms with Crippen LogP contribution in [0.3, 0.4) is 0 Å². The van der Waals surface area contributed by atoms with E-state index in [0.717, 1.165) is 11.1 Å². The number of hydrogen-bond acceptors (Lipinski definition) is 4. The third kappa shape index (κ3) is 6.11. The first-order chi connectivity index (χ1) is 8.67. The molecule has 0 N–H and O–H groups in total. The predicted molar refractivity (Wildman–Crippen MR) is 68.5 cm³/mol. The molecule has 0 radical (unpaired) electrons. The fraction of sp³-hybridized carbons (Fsp3) is 0.143. The molecule has 19 heavy (non-hydrogen) atoms. The second-order valence-electron chi connectivity index (χ2n) is 3.34. The van der Waals surface area contributed by atoms with Crippen LogP contribution in [-0.2, 0) is 38.5 Å². The summed E-state index contributed by atoms with van der Waals surface area (Å²) in [6.45, 7) is 0. The Morgan fingerprint density at radius 1 is 0.895 bits per heavy atom.